The number of hydrogen-bond donors (Lipinski definition) is 3. The highest BCUT2D eigenvalue weighted by molar-refractivity contribution is 5.97. The summed E-state index contributed by atoms with van der Waals surface area (Å²) >= 11 is 0. The Hall–Kier alpha value is -2.90. The SMILES string of the molecule is CC(NC(=O)c1ccccc1)C(=O)OCC(=O)NC(=O)NC1CCCC1. The minimum Gasteiger partial charge on any atom is -0.454 e. The number of rotatable bonds is 6. The predicted octanol–water partition coefficient (Wildman–Crippen LogP) is 1.12. The van der Waals surface area contributed by atoms with Gasteiger partial charge >= 0.3 is 12.0 Å². The second kappa shape index (κ2) is 9.55. The van der Waals surface area contributed by atoms with Crippen molar-refractivity contribution in [2.24, 2.45) is 0 Å². The van der Waals surface area contributed by atoms with Crippen LogP contribution in [0, 0.1) is 0 Å². The summed E-state index contributed by atoms with van der Waals surface area (Å²) in [5, 5.41) is 7.29. The van der Waals surface area contributed by atoms with E-state index < -0.39 is 36.5 Å². The van der Waals surface area contributed by atoms with Gasteiger partial charge in [0.2, 0.25) is 0 Å². The van der Waals surface area contributed by atoms with E-state index in [0.29, 0.717) is 5.56 Å². The molecule has 140 valence electrons. The second-order valence-electron chi connectivity index (χ2n) is 6.17. The van der Waals surface area contributed by atoms with Crippen LogP contribution in [0.1, 0.15) is 43.0 Å². The van der Waals surface area contributed by atoms with Gasteiger partial charge in [-0.1, -0.05) is 31.0 Å². The number of benzene rings is 1. The van der Waals surface area contributed by atoms with Crippen LogP contribution in [0.15, 0.2) is 30.3 Å². The number of ether oxygens (including phenoxy) is 1. The largest absolute Gasteiger partial charge is 0.454 e. The van der Waals surface area contributed by atoms with E-state index in [-0.39, 0.29) is 6.04 Å². The lowest BCUT2D eigenvalue weighted by molar-refractivity contribution is -0.149. The van der Waals surface area contributed by atoms with Gasteiger partial charge in [0, 0.05) is 11.6 Å². The van der Waals surface area contributed by atoms with Crippen molar-refractivity contribution < 1.29 is 23.9 Å². The molecule has 1 aliphatic rings. The molecule has 1 saturated carbocycles. The highest BCUT2D eigenvalue weighted by atomic mass is 16.5. The van der Waals surface area contributed by atoms with Crippen LogP contribution < -0.4 is 16.0 Å². The molecule has 0 heterocycles. The van der Waals surface area contributed by atoms with Crippen molar-refractivity contribution in [3.05, 3.63) is 35.9 Å². The Bertz CT molecular complexity index is 656. The van der Waals surface area contributed by atoms with Crippen LogP contribution in [-0.4, -0.2) is 42.5 Å². The van der Waals surface area contributed by atoms with E-state index in [9.17, 15) is 19.2 Å². The highest BCUT2D eigenvalue weighted by Gasteiger charge is 2.21. The Labute approximate surface area is 151 Å². The first-order chi connectivity index (χ1) is 12.5. The highest BCUT2D eigenvalue weighted by Crippen LogP contribution is 2.17. The molecule has 0 bridgehead atoms. The van der Waals surface area contributed by atoms with E-state index in [1.165, 1.54) is 6.92 Å². The summed E-state index contributed by atoms with van der Waals surface area (Å²) in [7, 11) is 0. The molecule has 1 aromatic carbocycles. The van der Waals surface area contributed by atoms with E-state index in [1.807, 2.05) is 0 Å². The number of carbonyl (C=O) groups is 4. The molecule has 0 radical (unpaired) electrons. The fourth-order valence-corrected chi connectivity index (χ4v) is 2.64. The van der Waals surface area contributed by atoms with Crippen molar-refractivity contribution in [3.63, 3.8) is 0 Å². The maximum atomic E-state index is 12.0. The number of esters is 1. The zero-order valence-corrected chi connectivity index (χ0v) is 14.6. The van der Waals surface area contributed by atoms with Crippen LogP contribution >= 0.6 is 0 Å². The average Bonchev–Trinajstić information content (AvgIpc) is 3.13. The molecule has 1 aromatic rings. The molecule has 0 saturated heterocycles. The molecular formula is C18H23N3O5. The maximum Gasteiger partial charge on any atom is 0.328 e. The van der Waals surface area contributed by atoms with Gasteiger partial charge < -0.3 is 15.4 Å². The van der Waals surface area contributed by atoms with Crippen LogP contribution in [0.2, 0.25) is 0 Å². The van der Waals surface area contributed by atoms with Crippen LogP contribution in [0.4, 0.5) is 4.79 Å². The van der Waals surface area contributed by atoms with Crippen LogP contribution in [-0.2, 0) is 14.3 Å². The molecule has 8 heteroatoms. The third-order valence-corrected chi connectivity index (χ3v) is 4.03. The van der Waals surface area contributed by atoms with Gasteiger partial charge in [-0.2, -0.15) is 0 Å². The zero-order valence-electron chi connectivity index (χ0n) is 14.6. The van der Waals surface area contributed by atoms with E-state index in [0.717, 1.165) is 25.7 Å². The number of hydrogen-bond acceptors (Lipinski definition) is 5. The quantitative estimate of drug-likeness (QED) is 0.657. The first-order valence-electron chi connectivity index (χ1n) is 8.58. The Morgan fingerprint density at radius 2 is 1.77 bits per heavy atom. The van der Waals surface area contributed by atoms with E-state index in [1.54, 1.807) is 30.3 Å². The molecule has 2 rings (SSSR count). The Balaban J connectivity index is 1.68. The van der Waals surface area contributed by atoms with Crippen molar-refractivity contribution in [1.29, 1.82) is 0 Å². The molecule has 0 aromatic heterocycles. The standard InChI is InChI=1S/C18H23N3O5/c1-12(19-16(23)13-7-3-2-4-8-13)17(24)26-11-15(22)21-18(25)20-14-9-5-6-10-14/h2-4,7-8,12,14H,5-6,9-11H2,1H3,(H,19,23)(H2,20,21,22,25). The molecule has 1 aliphatic carbocycles. The number of imide groups is 1. The molecule has 4 amide bonds. The monoisotopic (exact) mass is 361 g/mol. The lowest BCUT2D eigenvalue weighted by Crippen LogP contribution is -2.46. The summed E-state index contributed by atoms with van der Waals surface area (Å²) in [5.74, 6) is -1.91. The minimum absolute atomic E-state index is 0.0820. The fraction of sp³-hybridized carbons (Fsp3) is 0.444. The second-order valence-corrected chi connectivity index (χ2v) is 6.17. The van der Waals surface area contributed by atoms with Gasteiger partial charge in [0.1, 0.15) is 6.04 Å². The topological polar surface area (TPSA) is 114 Å². The van der Waals surface area contributed by atoms with Gasteiger partial charge in [-0.25, -0.2) is 9.59 Å². The van der Waals surface area contributed by atoms with E-state index in [2.05, 4.69) is 16.0 Å². The van der Waals surface area contributed by atoms with Crippen LogP contribution in [0.5, 0.6) is 0 Å². The third kappa shape index (κ3) is 6.19. The Kier molecular flexibility index (Phi) is 7.13. The zero-order chi connectivity index (χ0) is 18.9. The molecule has 3 N–H and O–H groups in total. The van der Waals surface area contributed by atoms with E-state index >= 15 is 0 Å². The van der Waals surface area contributed by atoms with E-state index in [4.69, 9.17) is 4.74 Å². The van der Waals surface area contributed by atoms with Gasteiger partial charge in [-0.05, 0) is 31.9 Å². The van der Waals surface area contributed by atoms with Crippen molar-refractivity contribution in [2.45, 2.75) is 44.7 Å². The van der Waals surface area contributed by atoms with Crippen LogP contribution in [0.3, 0.4) is 0 Å². The first-order valence-corrected chi connectivity index (χ1v) is 8.58. The summed E-state index contributed by atoms with van der Waals surface area (Å²) in [6.45, 7) is 0.857. The lowest BCUT2D eigenvalue weighted by Gasteiger charge is -2.14. The molecule has 1 fully saturated rings. The molecule has 0 spiro atoms. The number of urea groups is 1. The van der Waals surface area contributed by atoms with Crippen LogP contribution in [0.25, 0.3) is 0 Å². The average molecular weight is 361 g/mol. The number of nitrogens with one attached hydrogen (secondary N) is 3. The summed E-state index contributed by atoms with van der Waals surface area (Å²) in [5.41, 5.74) is 0.411. The van der Waals surface area contributed by atoms with Gasteiger partial charge in [-0.3, -0.25) is 14.9 Å². The lowest BCUT2D eigenvalue weighted by atomic mass is 10.2. The predicted molar refractivity (Wildman–Crippen MR) is 93.3 cm³/mol. The Morgan fingerprint density at radius 1 is 1.12 bits per heavy atom. The molecular weight excluding hydrogens is 338 g/mol. The normalized spacial score (nSPS) is 15.0. The summed E-state index contributed by atoms with van der Waals surface area (Å²) < 4.78 is 4.83. The molecule has 1 unspecified atom stereocenters. The fourth-order valence-electron chi connectivity index (χ4n) is 2.64. The smallest absolute Gasteiger partial charge is 0.328 e. The van der Waals surface area contributed by atoms with Crippen molar-refractivity contribution >= 4 is 23.8 Å². The summed E-state index contributed by atoms with van der Waals surface area (Å²) in [6.07, 6.45) is 3.91. The summed E-state index contributed by atoms with van der Waals surface area (Å²) in [6, 6.07) is 6.98. The number of amides is 4. The van der Waals surface area contributed by atoms with Crippen molar-refractivity contribution in [3.8, 4) is 0 Å². The van der Waals surface area contributed by atoms with Gasteiger partial charge in [0.05, 0.1) is 0 Å². The molecule has 0 aliphatic heterocycles. The van der Waals surface area contributed by atoms with Gasteiger partial charge in [0.15, 0.2) is 6.61 Å². The summed E-state index contributed by atoms with van der Waals surface area (Å²) in [4.78, 5) is 47.1. The molecule has 8 nitrogen and oxygen atoms in total. The first kappa shape index (κ1) is 19.4. The van der Waals surface area contributed by atoms with Gasteiger partial charge in [-0.15, -0.1) is 0 Å². The molecule has 1 atom stereocenters. The maximum absolute atomic E-state index is 12.0. The minimum atomic E-state index is -0.928. The molecule has 26 heavy (non-hydrogen) atoms. The van der Waals surface area contributed by atoms with Crippen molar-refractivity contribution in [2.75, 3.05) is 6.61 Å². The van der Waals surface area contributed by atoms with Crippen molar-refractivity contribution in [1.82, 2.24) is 16.0 Å². The van der Waals surface area contributed by atoms with Gasteiger partial charge in [0.25, 0.3) is 11.8 Å². The number of carbonyl (C=O) groups excluding carboxylic acids is 4. The third-order valence-electron chi connectivity index (χ3n) is 4.03. The Morgan fingerprint density at radius 3 is 2.42 bits per heavy atom.